The van der Waals surface area contributed by atoms with E-state index in [4.69, 9.17) is 4.74 Å². The van der Waals surface area contributed by atoms with Crippen LogP contribution in [-0.4, -0.2) is 48.7 Å². The number of carbonyl (C=O) groups is 1. The molecule has 0 aromatic carbocycles. The Bertz CT molecular complexity index is 445. The average molecular weight is 278 g/mol. The second kappa shape index (κ2) is 7.19. The fourth-order valence-corrected chi connectivity index (χ4v) is 1.96. The molecule has 1 saturated heterocycles. The Balaban J connectivity index is 1.96. The minimum Gasteiger partial charge on any atom is -0.378 e. The van der Waals surface area contributed by atoms with Gasteiger partial charge in [-0.2, -0.15) is 0 Å². The van der Waals surface area contributed by atoms with Gasteiger partial charge in [-0.25, -0.2) is 9.97 Å². The van der Waals surface area contributed by atoms with Crippen molar-refractivity contribution >= 4 is 11.9 Å². The molecule has 2 heterocycles. The third kappa shape index (κ3) is 4.16. The van der Waals surface area contributed by atoms with Gasteiger partial charge in [0.2, 0.25) is 5.95 Å². The first kappa shape index (κ1) is 14.7. The van der Waals surface area contributed by atoms with E-state index in [1.54, 1.807) is 12.3 Å². The molecule has 6 heteroatoms. The molecule has 0 aliphatic carbocycles. The summed E-state index contributed by atoms with van der Waals surface area (Å²) in [6, 6.07) is 1.65. The molecule has 0 unspecified atom stereocenters. The summed E-state index contributed by atoms with van der Waals surface area (Å²) in [4.78, 5) is 22.6. The van der Waals surface area contributed by atoms with Crippen molar-refractivity contribution in [3.05, 3.63) is 18.0 Å². The summed E-state index contributed by atoms with van der Waals surface area (Å²) in [5, 5.41) is 2.89. The summed E-state index contributed by atoms with van der Waals surface area (Å²) in [7, 11) is 0. The molecule has 1 N–H and O–H groups in total. The first-order valence-electron chi connectivity index (χ1n) is 7.11. The summed E-state index contributed by atoms with van der Waals surface area (Å²) in [6.07, 6.45) is 2.60. The minimum absolute atomic E-state index is 0.137. The van der Waals surface area contributed by atoms with Crippen LogP contribution >= 0.6 is 0 Å². The van der Waals surface area contributed by atoms with E-state index >= 15 is 0 Å². The van der Waals surface area contributed by atoms with Crippen LogP contribution < -0.4 is 10.2 Å². The highest BCUT2D eigenvalue weighted by atomic mass is 16.5. The highest BCUT2D eigenvalue weighted by Gasteiger charge is 2.15. The van der Waals surface area contributed by atoms with E-state index in [0.717, 1.165) is 19.5 Å². The number of hydrogen-bond donors (Lipinski definition) is 1. The van der Waals surface area contributed by atoms with Gasteiger partial charge in [0.1, 0.15) is 5.69 Å². The van der Waals surface area contributed by atoms with Crippen LogP contribution in [0.25, 0.3) is 0 Å². The number of morpholine rings is 1. The SMILES string of the molecule is CC(C)CCNC(=O)c1ccnc(N2CCOCC2)n1. The molecule has 6 nitrogen and oxygen atoms in total. The number of aromatic nitrogens is 2. The quantitative estimate of drug-likeness (QED) is 0.873. The lowest BCUT2D eigenvalue weighted by atomic mass is 10.1. The molecular formula is C14H22N4O2. The van der Waals surface area contributed by atoms with Crippen molar-refractivity contribution in [3.63, 3.8) is 0 Å². The van der Waals surface area contributed by atoms with Crippen molar-refractivity contribution in [2.24, 2.45) is 5.92 Å². The van der Waals surface area contributed by atoms with Crippen LogP contribution in [0.3, 0.4) is 0 Å². The summed E-state index contributed by atoms with van der Waals surface area (Å²) in [5.74, 6) is 1.04. The Labute approximate surface area is 119 Å². The molecule has 1 aromatic rings. The molecule has 0 radical (unpaired) electrons. The third-order valence-electron chi connectivity index (χ3n) is 3.18. The van der Waals surface area contributed by atoms with Crippen molar-refractivity contribution < 1.29 is 9.53 Å². The molecule has 110 valence electrons. The fourth-order valence-electron chi connectivity index (χ4n) is 1.96. The number of anilines is 1. The maximum atomic E-state index is 12.0. The van der Waals surface area contributed by atoms with E-state index in [0.29, 0.717) is 37.3 Å². The molecule has 0 atom stereocenters. The molecule has 0 bridgehead atoms. The largest absolute Gasteiger partial charge is 0.378 e. The van der Waals surface area contributed by atoms with Crippen molar-refractivity contribution in [3.8, 4) is 0 Å². The second-order valence-corrected chi connectivity index (χ2v) is 5.28. The Kier molecular flexibility index (Phi) is 5.29. The van der Waals surface area contributed by atoms with E-state index in [9.17, 15) is 4.79 Å². The van der Waals surface area contributed by atoms with E-state index in [1.165, 1.54) is 0 Å². The summed E-state index contributed by atoms with van der Waals surface area (Å²) in [6.45, 7) is 7.81. The van der Waals surface area contributed by atoms with Crippen molar-refractivity contribution in [1.29, 1.82) is 0 Å². The number of nitrogens with zero attached hydrogens (tertiary/aromatic N) is 3. The monoisotopic (exact) mass is 278 g/mol. The Morgan fingerprint density at radius 1 is 1.45 bits per heavy atom. The minimum atomic E-state index is -0.137. The van der Waals surface area contributed by atoms with E-state index in [2.05, 4.69) is 29.1 Å². The Morgan fingerprint density at radius 3 is 2.90 bits per heavy atom. The highest BCUT2D eigenvalue weighted by molar-refractivity contribution is 5.92. The van der Waals surface area contributed by atoms with Crippen LogP contribution in [0.1, 0.15) is 30.8 Å². The summed E-state index contributed by atoms with van der Waals surface area (Å²) in [5.41, 5.74) is 0.422. The van der Waals surface area contributed by atoms with Gasteiger partial charge in [-0.3, -0.25) is 4.79 Å². The zero-order chi connectivity index (χ0) is 14.4. The van der Waals surface area contributed by atoms with Crippen LogP contribution in [0.4, 0.5) is 5.95 Å². The predicted molar refractivity (Wildman–Crippen MR) is 76.9 cm³/mol. The topological polar surface area (TPSA) is 67.4 Å². The maximum absolute atomic E-state index is 12.0. The molecule has 1 amide bonds. The van der Waals surface area contributed by atoms with Crippen LogP contribution in [0.15, 0.2) is 12.3 Å². The molecule has 0 spiro atoms. The van der Waals surface area contributed by atoms with Crippen molar-refractivity contribution in [1.82, 2.24) is 15.3 Å². The molecular weight excluding hydrogens is 256 g/mol. The van der Waals surface area contributed by atoms with Gasteiger partial charge in [0.25, 0.3) is 5.91 Å². The third-order valence-corrected chi connectivity index (χ3v) is 3.18. The van der Waals surface area contributed by atoms with Crippen LogP contribution in [0, 0.1) is 5.92 Å². The zero-order valence-electron chi connectivity index (χ0n) is 12.1. The Hall–Kier alpha value is -1.69. The predicted octanol–water partition coefficient (Wildman–Crippen LogP) is 1.09. The van der Waals surface area contributed by atoms with Crippen LogP contribution in [0.2, 0.25) is 0 Å². The average Bonchev–Trinajstić information content (AvgIpc) is 2.48. The lowest BCUT2D eigenvalue weighted by molar-refractivity contribution is 0.0946. The van der Waals surface area contributed by atoms with Crippen molar-refractivity contribution in [2.45, 2.75) is 20.3 Å². The van der Waals surface area contributed by atoms with E-state index < -0.39 is 0 Å². The zero-order valence-corrected chi connectivity index (χ0v) is 12.1. The molecule has 2 rings (SSSR count). The lowest BCUT2D eigenvalue weighted by Gasteiger charge is -2.26. The van der Waals surface area contributed by atoms with Gasteiger partial charge in [0.05, 0.1) is 13.2 Å². The number of hydrogen-bond acceptors (Lipinski definition) is 5. The molecule has 1 fully saturated rings. The summed E-state index contributed by atoms with van der Waals surface area (Å²) < 4.78 is 5.30. The maximum Gasteiger partial charge on any atom is 0.270 e. The lowest BCUT2D eigenvalue weighted by Crippen LogP contribution is -2.37. The number of rotatable bonds is 5. The molecule has 1 aliphatic heterocycles. The van der Waals surface area contributed by atoms with Gasteiger partial charge in [-0.05, 0) is 18.4 Å². The number of amides is 1. The Morgan fingerprint density at radius 2 is 2.20 bits per heavy atom. The van der Waals surface area contributed by atoms with E-state index in [-0.39, 0.29) is 5.91 Å². The van der Waals surface area contributed by atoms with Crippen LogP contribution in [0.5, 0.6) is 0 Å². The number of nitrogens with one attached hydrogen (secondary N) is 1. The van der Waals surface area contributed by atoms with Crippen LogP contribution in [-0.2, 0) is 4.74 Å². The van der Waals surface area contributed by atoms with E-state index in [1.807, 2.05) is 4.90 Å². The first-order valence-corrected chi connectivity index (χ1v) is 7.11. The van der Waals surface area contributed by atoms with Gasteiger partial charge >= 0.3 is 0 Å². The van der Waals surface area contributed by atoms with Gasteiger partial charge in [-0.1, -0.05) is 13.8 Å². The fraction of sp³-hybridized carbons (Fsp3) is 0.643. The number of carbonyl (C=O) groups excluding carboxylic acids is 1. The smallest absolute Gasteiger partial charge is 0.270 e. The van der Waals surface area contributed by atoms with Gasteiger partial charge in [0, 0.05) is 25.8 Å². The summed E-state index contributed by atoms with van der Waals surface area (Å²) >= 11 is 0. The van der Waals surface area contributed by atoms with Gasteiger partial charge in [-0.15, -0.1) is 0 Å². The molecule has 1 aliphatic rings. The number of ether oxygens (including phenoxy) is 1. The standard InChI is InChI=1S/C14H22N4O2/c1-11(2)3-5-15-13(19)12-4-6-16-14(17-12)18-7-9-20-10-8-18/h4,6,11H,3,5,7-10H2,1-2H3,(H,15,19). The highest BCUT2D eigenvalue weighted by Crippen LogP contribution is 2.09. The molecule has 20 heavy (non-hydrogen) atoms. The first-order chi connectivity index (χ1) is 9.66. The second-order valence-electron chi connectivity index (χ2n) is 5.28. The van der Waals surface area contributed by atoms with Gasteiger partial charge < -0.3 is 15.0 Å². The molecule has 0 saturated carbocycles. The van der Waals surface area contributed by atoms with Gasteiger partial charge in [0.15, 0.2) is 0 Å². The van der Waals surface area contributed by atoms with Crippen molar-refractivity contribution in [2.75, 3.05) is 37.7 Å². The normalized spacial score (nSPS) is 15.4. The molecule has 1 aromatic heterocycles.